The summed E-state index contributed by atoms with van der Waals surface area (Å²) < 4.78 is 0. The number of nitrogens with zero attached hydrogens (tertiary/aromatic N) is 1. The smallest absolute Gasteiger partial charge is 0.182 e. The Morgan fingerprint density at radius 3 is 2.67 bits per heavy atom. The summed E-state index contributed by atoms with van der Waals surface area (Å²) in [6.45, 7) is 2.46. The Balaban J connectivity index is 1.91. The highest BCUT2D eigenvalue weighted by Gasteiger charge is 2.08. The maximum Gasteiger partial charge on any atom is 0.182 e. The predicted octanol–water partition coefficient (Wildman–Crippen LogP) is 2.56. The van der Waals surface area contributed by atoms with Crippen molar-refractivity contribution in [2.24, 2.45) is 0 Å². The summed E-state index contributed by atoms with van der Waals surface area (Å²) in [5.74, 6) is 0.200. The van der Waals surface area contributed by atoms with Gasteiger partial charge in [-0.25, -0.2) is 4.98 Å². The summed E-state index contributed by atoms with van der Waals surface area (Å²) in [5.41, 5.74) is 1.83. The molecule has 0 amide bonds. The number of aryl methyl sites for hydroxylation is 1. The number of rotatable bonds is 5. The minimum atomic E-state index is -0.612. The van der Waals surface area contributed by atoms with Crippen molar-refractivity contribution in [1.29, 1.82) is 0 Å². The molecule has 2 aromatic rings. The SMILES string of the molecule is CCc1csc(NCC(O)c2ccc(O)cc2)n1. The van der Waals surface area contributed by atoms with Gasteiger partial charge in [-0.15, -0.1) is 11.3 Å². The van der Waals surface area contributed by atoms with Crippen molar-refractivity contribution in [3.63, 3.8) is 0 Å². The van der Waals surface area contributed by atoms with Crippen molar-refractivity contribution >= 4 is 16.5 Å². The maximum absolute atomic E-state index is 9.97. The maximum atomic E-state index is 9.97. The highest BCUT2D eigenvalue weighted by molar-refractivity contribution is 7.13. The molecular formula is C13H16N2O2S. The van der Waals surface area contributed by atoms with Crippen LogP contribution in [0.4, 0.5) is 5.13 Å². The lowest BCUT2D eigenvalue weighted by atomic mass is 10.1. The van der Waals surface area contributed by atoms with Gasteiger partial charge in [-0.05, 0) is 24.1 Å². The summed E-state index contributed by atoms with van der Waals surface area (Å²) in [5, 5.41) is 25.1. The molecule has 0 spiro atoms. The lowest BCUT2D eigenvalue weighted by Crippen LogP contribution is -2.11. The molecule has 18 heavy (non-hydrogen) atoms. The van der Waals surface area contributed by atoms with Crippen LogP contribution >= 0.6 is 11.3 Å². The van der Waals surface area contributed by atoms with Crippen LogP contribution < -0.4 is 5.32 Å². The Morgan fingerprint density at radius 2 is 2.06 bits per heavy atom. The van der Waals surface area contributed by atoms with Crippen molar-refractivity contribution in [1.82, 2.24) is 4.98 Å². The van der Waals surface area contributed by atoms with Crippen molar-refractivity contribution in [2.75, 3.05) is 11.9 Å². The van der Waals surface area contributed by atoms with Crippen LogP contribution in [0.2, 0.25) is 0 Å². The summed E-state index contributed by atoms with van der Waals surface area (Å²) in [6, 6.07) is 6.55. The largest absolute Gasteiger partial charge is 0.508 e. The van der Waals surface area contributed by atoms with Gasteiger partial charge < -0.3 is 15.5 Å². The third-order valence-electron chi connectivity index (χ3n) is 2.64. The van der Waals surface area contributed by atoms with Crippen LogP contribution in [0.5, 0.6) is 5.75 Å². The zero-order valence-corrected chi connectivity index (χ0v) is 10.9. The number of hydrogen-bond donors (Lipinski definition) is 3. The summed E-state index contributed by atoms with van der Waals surface area (Å²) in [7, 11) is 0. The van der Waals surface area contributed by atoms with Crippen LogP contribution in [-0.2, 0) is 6.42 Å². The third kappa shape index (κ3) is 3.21. The molecule has 0 aliphatic carbocycles. The number of aliphatic hydroxyl groups excluding tert-OH is 1. The van der Waals surface area contributed by atoms with Crippen LogP contribution in [0.3, 0.4) is 0 Å². The zero-order chi connectivity index (χ0) is 13.0. The molecule has 0 fully saturated rings. The van der Waals surface area contributed by atoms with E-state index in [1.54, 1.807) is 35.6 Å². The van der Waals surface area contributed by atoms with Gasteiger partial charge in [0.2, 0.25) is 0 Å². The predicted molar refractivity (Wildman–Crippen MR) is 73.0 cm³/mol. The molecule has 4 nitrogen and oxygen atoms in total. The minimum Gasteiger partial charge on any atom is -0.508 e. The van der Waals surface area contributed by atoms with E-state index in [1.165, 1.54) is 0 Å². The van der Waals surface area contributed by atoms with Crippen molar-refractivity contribution in [3.05, 3.63) is 40.9 Å². The van der Waals surface area contributed by atoms with E-state index >= 15 is 0 Å². The number of aliphatic hydroxyl groups is 1. The van der Waals surface area contributed by atoms with Crippen molar-refractivity contribution < 1.29 is 10.2 Å². The first-order chi connectivity index (χ1) is 8.69. The number of phenols is 1. The molecule has 0 aliphatic heterocycles. The third-order valence-corrected chi connectivity index (χ3v) is 3.49. The van der Waals surface area contributed by atoms with Crippen molar-refractivity contribution in [2.45, 2.75) is 19.4 Å². The molecule has 0 aliphatic rings. The number of thiazole rings is 1. The van der Waals surface area contributed by atoms with Gasteiger partial charge in [0.15, 0.2) is 5.13 Å². The number of phenolic OH excluding ortho intramolecular Hbond substituents is 1. The monoisotopic (exact) mass is 264 g/mol. The Bertz CT molecular complexity index is 496. The first-order valence-electron chi connectivity index (χ1n) is 5.84. The van der Waals surface area contributed by atoms with Gasteiger partial charge in [0.25, 0.3) is 0 Å². The number of benzene rings is 1. The average Bonchev–Trinajstić information content (AvgIpc) is 2.85. The summed E-state index contributed by atoms with van der Waals surface area (Å²) in [6.07, 6.45) is 0.304. The summed E-state index contributed by atoms with van der Waals surface area (Å²) in [4.78, 5) is 4.36. The molecule has 0 bridgehead atoms. The fourth-order valence-corrected chi connectivity index (χ4v) is 2.35. The fraction of sp³-hybridized carbons (Fsp3) is 0.308. The van der Waals surface area contributed by atoms with Gasteiger partial charge in [0.1, 0.15) is 5.75 Å². The standard InChI is InChI=1S/C13H16N2O2S/c1-2-10-8-18-13(15-10)14-7-12(17)9-3-5-11(16)6-4-9/h3-6,8,12,16-17H,2,7H2,1H3,(H,14,15). The lowest BCUT2D eigenvalue weighted by Gasteiger charge is -2.11. The van der Waals surface area contributed by atoms with Gasteiger partial charge in [0, 0.05) is 11.9 Å². The molecule has 0 radical (unpaired) electrons. The molecule has 1 atom stereocenters. The second-order valence-corrected chi connectivity index (χ2v) is 4.84. The number of nitrogens with one attached hydrogen (secondary N) is 1. The number of aromatic nitrogens is 1. The fourth-order valence-electron chi connectivity index (χ4n) is 1.55. The first-order valence-corrected chi connectivity index (χ1v) is 6.72. The topological polar surface area (TPSA) is 65.4 Å². The minimum absolute atomic E-state index is 0.200. The van der Waals surface area contributed by atoms with E-state index in [-0.39, 0.29) is 5.75 Å². The van der Waals surface area contributed by atoms with E-state index < -0.39 is 6.10 Å². The van der Waals surface area contributed by atoms with Gasteiger partial charge in [-0.3, -0.25) is 0 Å². The van der Waals surface area contributed by atoms with Gasteiger partial charge in [0.05, 0.1) is 11.8 Å². The highest BCUT2D eigenvalue weighted by Crippen LogP contribution is 2.19. The number of aromatic hydroxyl groups is 1. The van der Waals surface area contributed by atoms with Gasteiger partial charge >= 0.3 is 0 Å². The quantitative estimate of drug-likeness (QED) is 0.776. The number of anilines is 1. The Labute approximate surface area is 110 Å². The van der Waals surface area contributed by atoms with E-state index in [0.29, 0.717) is 6.54 Å². The van der Waals surface area contributed by atoms with E-state index in [2.05, 4.69) is 17.2 Å². The Morgan fingerprint density at radius 1 is 1.33 bits per heavy atom. The molecule has 5 heteroatoms. The van der Waals surface area contributed by atoms with E-state index in [0.717, 1.165) is 22.8 Å². The van der Waals surface area contributed by atoms with Crippen molar-refractivity contribution in [3.8, 4) is 5.75 Å². The molecule has 1 unspecified atom stereocenters. The van der Waals surface area contributed by atoms with E-state index in [1.807, 2.05) is 5.38 Å². The molecule has 96 valence electrons. The molecule has 1 aromatic heterocycles. The van der Waals surface area contributed by atoms with Crippen LogP contribution in [0, 0.1) is 0 Å². The molecule has 0 saturated carbocycles. The molecule has 1 aromatic carbocycles. The average molecular weight is 264 g/mol. The molecule has 3 N–H and O–H groups in total. The molecule has 2 rings (SSSR count). The second-order valence-electron chi connectivity index (χ2n) is 3.99. The normalized spacial score (nSPS) is 12.3. The molecule has 0 saturated heterocycles. The van der Waals surface area contributed by atoms with Crippen LogP contribution in [-0.4, -0.2) is 21.7 Å². The summed E-state index contributed by atoms with van der Waals surface area (Å²) >= 11 is 1.54. The zero-order valence-electron chi connectivity index (χ0n) is 10.1. The van der Waals surface area contributed by atoms with E-state index in [4.69, 9.17) is 0 Å². The van der Waals surface area contributed by atoms with Crippen LogP contribution in [0.15, 0.2) is 29.6 Å². The number of hydrogen-bond acceptors (Lipinski definition) is 5. The lowest BCUT2D eigenvalue weighted by molar-refractivity contribution is 0.191. The van der Waals surface area contributed by atoms with Crippen LogP contribution in [0.1, 0.15) is 24.3 Å². The first kappa shape index (κ1) is 12.9. The Hall–Kier alpha value is -1.59. The highest BCUT2D eigenvalue weighted by atomic mass is 32.1. The molecule has 1 heterocycles. The van der Waals surface area contributed by atoms with Crippen LogP contribution in [0.25, 0.3) is 0 Å². The Kier molecular flexibility index (Phi) is 4.17. The molecular weight excluding hydrogens is 248 g/mol. The van der Waals surface area contributed by atoms with Gasteiger partial charge in [-0.2, -0.15) is 0 Å². The van der Waals surface area contributed by atoms with E-state index in [9.17, 15) is 10.2 Å². The second kappa shape index (κ2) is 5.84. The van der Waals surface area contributed by atoms with Gasteiger partial charge in [-0.1, -0.05) is 19.1 Å².